The molecule has 0 atom stereocenters. The summed E-state index contributed by atoms with van der Waals surface area (Å²) in [4.78, 5) is 17.5. The van der Waals surface area contributed by atoms with E-state index in [9.17, 15) is 4.79 Å². The van der Waals surface area contributed by atoms with Crippen LogP contribution in [0.4, 0.5) is 11.4 Å². The van der Waals surface area contributed by atoms with Crippen LogP contribution in [0.15, 0.2) is 52.9 Å². The van der Waals surface area contributed by atoms with Crippen molar-refractivity contribution >= 4 is 28.1 Å². The molecule has 3 aromatic rings. The maximum absolute atomic E-state index is 12.9. The smallest absolute Gasteiger partial charge is 0.228 e. The third kappa shape index (κ3) is 3.62. The number of hydrogen-bond donors (Lipinski definition) is 1. The molecule has 1 N–H and O–H groups in total. The zero-order valence-corrected chi connectivity index (χ0v) is 16.6. The lowest BCUT2D eigenvalue weighted by Gasteiger charge is -2.29. The highest BCUT2D eigenvalue weighted by atomic mass is 16.3. The van der Waals surface area contributed by atoms with Crippen LogP contribution in [0.2, 0.25) is 0 Å². The van der Waals surface area contributed by atoms with Gasteiger partial charge in [-0.1, -0.05) is 0 Å². The first-order valence-corrected chi connectivity index (χ1v) is 10.1. The van der Waals surface area contributed by atoms with Gasteiger partial charge in [0.2, 0.25) is 5.78 Å². The molecule has 0 amide bonds. The van der Waals surface area contributed by atoms with Crippen LogP contribution in [0, 0.1) is 0 Å². The number of carbonyl (C=O) groups is 1. The maximum Gasteiger partial charge on any atom is 0.228 e. The Labute approximate surface area is 165 Å². The molecule has 146 valence electrons. The average molecular weight is 377 g/mol. The van der Waals surface area contributed by atoms with Crippen molar-refractivity contribution in [1.82, 2.24) is 5.32 Å². The summed E-state index contributed by atoms with van der Waals surface area (Å²) in [6, 6.07) is 15.8. The molecule has 28 heavy (non-hydrogen) atoms. The second-order valence-electron chi connectivity index (χ2n) is 7.12. The lowest BCUT2D eigenvalue weighted by atomic mass is 10.1. The summed E-state index contributed by atoms with van der Waals surface area (Å²) in [6.45, 7) is 10.1. The van der Waals surface area contributed by atoms with Crippen molar-refractivity contribution in [2.24, 2.45) is 0 Å². The number of hydrogen-bond acceptors (Lipinski definition) is 5. The van der Waals surface area contributed by atoms with E-state index in [1.165, 1.54) is 0 Å². The van der Waals surface area contributed by atoms with E-state index in [0.29, 0.717) is 11.3 Å². The molecule has 0 unspecified atom stereocenters. The molecule has 0 spiro atoms. The predicted molar refractivity (Wildman–Crippen MR) is 115 cm³/mol. The maximum atomic E-state index is 12.9. The summed E-state index contributed by atoms with van der Waals surface area (Å²) in [7, 11) is 0. The van der Waals surface area contributed by atoms with Crippen molar-refractivity contribution in [2.75, 3.05) is 49.1 Å². The predicted octanol–water partition coefficient (Wildman–Crippen LogP) is 3.92. The van der Waals surface area contributed by atoms with E-state index in [-0.39, 0.29) is 5.78 Å². The van der Waals surface area contributed by atoms with Gasteiger partial charge in [0, 0.05) is 67.7 Å². The first kappa shape index (κ1) is 18.6. The number of rotatable bonds is 6. The van der Waals surface area contributed by atoms with Gasteiger partial charge < -0.3 is 19.5 Å². The largest absolute Gasteiger partial charge is 0.452 e. The minimum Gasteiger partial charge on any atom is -0.452 e. The SMILES string of the molecule is CCN(CC)c1ccc2cc(C(=O)c3ccc(N4CCNCC4)cc3)oc2c1. The topological polar surface area (TPSA) is 48.7 Å². The monoisotopic (exact) mass is 377 g/mol. The lowest BCUT2D eigenvalue weighted by molar-refractivity contribution is 0.101. The molecule has 1 aliphatic heterocycles. The molecular weight excluding hydrogens is 350 g/mol. The Hall–Kier alpha value is -2.79. The van der Waals surface area contributed by atoms with Crippen molar-refractivity contribution in [3.8, 4) is 0 Å². The average Bonchev–Trinajstić information content (AvgIpc) is 3.18. The molecule has 0 aliphatic carbocycles. The molecule has 0 bridgehead atoms. The third-order valence-corrected chi connectivity index (χ3v) is 5.47. The van der Waals surface area contributed by atoms with Crippen molar-refractivity contribution in [2.45, 2.75) is 13.8 Å². The highest BCUT2D eigenvalue weighted by Crippen LogP contribution is 2.27. The summed E-state index contributed by atoms with van der Waals surface area (Å²) in [5, 5.41) is 4.31. The van der Waals surface area contributed by atoms with Gasteiger partial charge in [0.25, 0.3) is 0 Å². The number of nitrogens with one attached hydrogen (secondary N) is 1. The molecule has 1 saturated heterocycles. The van der Waals surface area contributed by atoms with Crippen molar-refractivity contribution < 1.29 is 9.21 Å². The van der Waals surface area contributed by atoms with Crippen LogP contribution in [-0.2, 0) is 0 Å². The number of benzene rings is 2. The van der Waals surface area contributed by atoms with E-state index in [2.05, 4.69) is 35.0 Å². The fourth-order valence-electron chi connectivity index (χ4n) is 3.81. The summed E-state index contributed by atoms with van der Waals surface area (Å²) in [5.74, 6) is 0.314. The van der Waals surface area contributed by atoms with Gasteiger partial charge in [-0.2, -0.15) is 0 Å². The number of ketones is 1. The number of furan rings is 1. The number of anilines is 2. The number of fused-ring (bicyclic) bond motifs is 1. The molecule has 5 nitrogen and oxygen atoms in total. The second-order valence-corrected chi connectivity index (χ2v) is 7.12. The van der Waals surface area contributed by atoms with E-state index in [1.54, 1.807) is 0 Å². The molecule has 1 aliphatic rings. The van der Waals surface area contributed by atoms with Crippen LogP contribution in [0.5, 0.6) is 0 Å². The zero-order valence-electron chi connectivity index (χ0n) is 16.6. The Morgan fingerprint density at radius 1 is 1.04 bits per heavy atom. The van der Waals surface area contributed by atoms with E-state index < -0.39 is 0 Å². The Morgan fingerprint density at radius 3 is 2.43 bits per heavy atom. The van der Waals surface area contributed by atoms with E-state index in [1.807, 2.05) is 42.5 Å². The van der Waals surface area contributed by atoms with E-state index in [4.69, 9.17) is 4.42 Å². The Kier molecular flexibility index (Phi) is 5.35. The fourth-order valence-corrected chi connectivity index (χ4v) is 3.81. The Morgan fingerprint density at radius 2 is 1.75 bits per heavy atom. The van der Waals surface area contributed by atoms with Crippen LogP contribution in [0.1, 0.15) is 30.0 Å². The molecule has 2 heterocycles. The molecule has 5 heteroatoms. The molecule has 1 fully saturated rings. The van der Waals surface area contributed by atoms with Crippen LogP contribution >= 0.6 is 0 Å². The lowest BCUT2D eigenvalue weighted by Crippen LogP contribution is -2.43. The minimum absolute atomic E-state index is 0.0764. The van der Waals surface area contributed by atoms with Gasteiger partial charge in [-0.05, 0) is 56.3 Å². The van der Waals surface area contributed by atoms with Crippen LogP contribution in [-0.4, -0.2) is 45.1 Å². The third-order valence-electron chi connectivity index (χ3n) is 5.47. The minimum atomic E-state index is -0.0764. The number of carbonyl (C=O) groups excluding carboxylic acids is 1. The standard InChI is InChI=1S/C23H27N3O2/c1-3-25(4-2)20-10-7-18-15-22(28-21(18)16-20)23(27)17-5-8-19(9-6-17)26-13-11-24-12-14-26/h5-10,15-16,24H,3-4,11-14H2,1-2H3. The normalized spacial score (nSPS) is 14.4. The quantitative estimate of drug-likeness (QED) is 0.660. The van der Waals surface area contributed by atoms with Gasteiger partial charge in [-0.15, -0.1) is 0 Å². The summed E-state index contributed by atoms with van der Waals surface area (Å²) in [6.07, 6.45) is 0. The van der Waals surface area contributed by atoms with Gasteiger partial charge in [0.05, 0.1) is 0 Å². The van der Waals surface area contributed by atoms with E-state index >= 15 is 0 Å². The highest BCUT2D eigenvalue weighted by molar-refractivity contribution is 6.09. The van der Waals surface area contributed by atoms with Gasteiger partial charge >= 0.3 is 0 Å². The van der Waals surface area contributed by atoms with Crippen molar-refractivity contribution in [3.05, 3.63) is 59.9 Å². The zero-order chi connectivity index (χ0) is 19.5. The van der Waals surface area contributed by atoms with E-state index in [0.717, 1.165) is 61.6 Å². The first-order chi connectivity index (χ1) is 13.7. The number of piperazine rings is 1. The molecular formula is C23H27N3O2. The van der Waals surface area contributed by atoms with Gasteiger partial charge in [0.1, 0.15) is 5.58 Å². The van der Waals surface area contributed by atoms with Gasteiger partial charge in [0.15, 0.2) is 5.76 Å². The second kappa shape index (κ2) is 8.07. The molecule has 2 aromatic carbocycles. The molecule has 0 saturated carbocycles. The van der Waals surface area contributed by atoms with Crippen LogP contribution in [0.25, 0.3) is 11.0 Å². The summed E-state index contributed by atoms with van der Waals surface area (Å²) in [5.41, 5.74) is 3.69. The first-order valence-electron chi connectivity index (χ1n) is 10.1. The van der Waals surface area contributed by atoms with Crippen molar-refractivity contribution in [3.63, 3.8) is 0 Å². The Bertz CT molecular complexity index is 952. The molecule has 1 aromatic heterocycles. The van der Waals surface area contributed by atoms with Crippen LogP contribution in [0.3, 0.4) is 0 Å². The van der Waals surface area contributed by atoms with Gasteiger partial charge in [-0.25, -0.2) is 0 Å². The fraction of sp³-hybridized carbons (Fsp3) is 0.348. The molecule has 0 radical (unpaired) electrons. The number of nitrogens with zero attached hydrogens (tertiary/aromatic N) is 2. The van der Waals surface area contributed by atoms with Gasteiger partial charge in [-0.3, -0.25) is 4.79 Å². The van der Waals surface area contributed by atoms with Crippen molar-refractivity contribution in [1.29, 1.82) is 0 Å². The highest BCUT2D eigenvalue weighted by Gasteiger charge is 2.17. The van der Waals surface area contributed by atoms with Crippen LogP contribution < -0.4 is 15.1 Å². The summed E-state index contributed by atoms with van der Waals surface area (Å²) >= 11 is 0. The Balaban J connectivity index is 1.56. The summed E-state index contributed by atoms with van der Waals surface area (Å²) < 4.78 is 5.92. The molecule has 4 rings (SSSR count).